The second kappa shape index (κ2) is 5.22. The van der Waals surface area contributed by atoms with Crippen LogP contribution in [0.5, 0.6) is 0 Å². The lowest BCUT2D eigenvalue weighted by Crippen LogP contribution is -2.09. The predicted molar refractivity (Wildman–Crippen MR) is 81.6 cm³/mol. The molecule has 0 saturated heterocycles. The molecule has 0 aliphatic rings. The van der Waals surface area contributed by atoms with Crippen LogP contribution in [0.2, 0.25) is 5.02 Å². The standard InChI is InChI=1S/C13H11ClN4OS/c1-7-2-8(3-11(19)17-7)5-16-13-18-12-10(20-13)4-9(14)6-15-12/h2-4,6H,5H2,1H3,(H,17,19)(H,15,16,18). The molecular formula is C13H11ClN4OS. The first-order valence-electron chi connectivity index (χ1n) is 5.96. The van der Waals surface area contributed by atoms with E-state index in [0.717, 1.165) is 21.1 Å². The molecule has 0 bridgehead atoms. The number of pyridine rings is 2. The van der Waals surface area contributed by atoms with Crippen LogP contribution < -0.4 is 10.9 Å². The number of hydrogen-bond donors (Lipinski definition) is 2. The van der Waals surface area contributed by atoms with Gasteiger partial charge in [0.1, 0.15) is 0 Å². The van der Waals surface area contributed by atoms with E-state index in [2.05, 4.69) is 20.3 Å². The molecule has 0 radical (unpaired) electrons. The highest BCUT2D eigenvalue weighted by Crippen LogP contribution is 2.26. The van der Waals surface area contributed by atoms with Crippen LogP contribution in [0.3, 0.4) is 0 Å². The fourth-order valence-electron chi connectivity index (χ4n) is 1.91. The Balaban J connectivity index is 1.81. The van der Waals surface area contributed by atoms with Crippen molar-refractivity contribution in [1.82, 2.24) is 15.0 Å². The van der Waals surface area contributed by atoms with Crippen molar-refractivity contribution < 1.29 is 0 Å². The van der Waals surface area contributed by atoms with E-state index in [1.807, 2.05) is 19.1 Å². The van der Waals surface area contributed by atoms with Crippen molar-refractivity contribution in [3.05, 3.63) is 51.0 Å². The molecule has 0 spiro atoms. The van der Waals surface area contributed by atoms with Gasteiger partial charge in [-0.1, -0.05) is 22.9 Å². The van der Waals surface area contributed by atoms with Crippen molar-refractivity contribution in [1.29, 1.82) is 0 Å². The van der Waals surface area contributed by atoms with E-state index in [-0.39, 0.29) is 5.56 Å². The number of nitrogens with zero attached hydrogens (tertiary/aromatic N) is 2. The molecular weight excluding hydrogens is 296 g/mol. The van der Waals surface area contributed by atoms with Crippen molar-refractivity contribution in [2.75, 3.05) is 5.32 Å². The van der Waals surface area contributed by atoms with E-state index >= 15 is 0 Å². The van der Waals surface area contributed by atoms with E-state index in [9.17, 15) is 4.79 Å². The monoisotopic (exact) mass is 306 g/mol. The minimum absolute atomic E-state index is 0.0976. The molecule has 3 rings (SSSR count). The zero-order valence-electron chi connectivity index (χ0n) is 10.6. The summed E-state index contributed by atoms with van der Waals surface area (Å²) in [6, 6.07) is 5.34. The van der Waals surface area contributed by atoms with Crippen LogP contribution >= 0.6 is 22.9 Å². The third-order valence-corrected chi connectivity index (χ3v) is 3.85. The van der Waals surface area contributed by atoms with Crippen LogP contribution in [0.15, 0.2) is 29.2 Å². The van der Waals surface area contributed by atoms with Crippen molar-refractivity contribution in [3.63, 3.8) is 0 Å². The summed E-state index contributed by atoms with van der Waals surface area (Å²) in [6.45, 7) is 2.40. The summed E-state index contributed by atoms with van der Waals surface area (Å²) in [4.78, 5) is 22.6. The van der Waals surface area contributed by atoms with Crippen LogP contribution in [-0.4, -0.2) is 15.0 Å². The Bertz CT molecular complexity index is 827. The number of aromatic nitrogens is 3. The maximum absolute atomic E-state index is 11.4. The minimum Gasteiger partial charge on any atom is -0.357 e. The maximum Gasteiger partial charge on any atom is 0.248 e. The Kier molecular flexibility index (Phi) is 3.42. The molecule has 3 heterocycles. The second-order valence-electron chi connectivity index (χ2n) is 4.38. The average Bonchev–Trinajstić information content (AvgIpc) is 2.77. The van der Waals surface area contributed by atoms with Crippen LogP contribution in [0.1, 0.15) is 11.3 Å². The molecule has 0 amide bonds. The van der Waals surface area contributed by atoms with Crippen molar-refractivity contribution >= 4 is 38.4 Å². The minimum atomic E-state index is -0.0976. The van der Waals surface area contributed by atoms with Crippen LogP contribution in [0.25, 0.3) is 10.3 Å². The molecule has 0 unspecified atom stereocenters. The van der Waals surface area contributed by atoms with E-state index in [0.29, 0.717) is 17.2 Å². The highest BCUT2D eigenvalue weighted by atomic mass is 35.5. The molecule has 102 valence electrons. The molecule has 0 aliphatic carbocycles. The van der Waals surface area contributed by atoms with Gasteiger partial charge in [-0.25, -0.2) is 9.97 Å². The van der Waals surface area contributed by atoms with Crippen LogP contribution in [-0.2, 0) is 6.54 Å². The van der Waals surface area contributed by atoms with Crippen molar-refractivity contribution in [3.8, 4) is 0 Å². The largest absolute Gasteiger partial charge is 0.357 e. The van der Waals surface area contributed by atoms with Gasteiger partial charge in [-0.05, 0) is 24.6 Å². The molecule has 20 heavy (non-hydrogen) atoms. The van der Waals surface area contributed by atoms with Gasteiger partial charge in [0.05, 0.1) is 9.72 Å². The quantitative estimate of drug-likeness (QED) is 0.780. The molecule has 0 fully saturated rings. The maximum atomic E-state index is 11.4. The van der Waals surface area contributed by atoms with E-state index in [4.69, 9.17) is 11.6 Å². The molecule has 0 atom stereocenters. The summed E-state index contributed by atoms with van der Waals surface area (Å²) in [6.07, 6.45) is 1.58. The van der Waals surface area contributed by atoms with Gasteiger partial charge in [-0.3, -0.25) is 4.79 Å². The second-order valence-corrected chi connectivity index (χ2v) is 5.85. The predicted octanol–water partition coefficient (Wildman–Crippen LogP) is 2.95. The number of aromatic amines is 1. The number of anilines is 1. The normalized spacial score (nSPS) is 10.9. The van der Waals surface area contributed by atoms with Crippen LogP contribution in [0.4, 0.5) is 5.13 Å². The van der Waals surface area contributed by atoms with Gasteiger partial charge < -0.3 is 10.3 Å². The molecule has 5 nitrogen and oxygen atoms in total. The number of thiazole rings is 1. The smallest absolute Gasteiger partial charge is 0.248 e. The SMILES string of the molecule is Cc1cc(CNc2nc3ncc(Cl)cc3s2)cc(=O)[nH]1. The van der Waals surface area contributed by atoms with Crippen molar-refractivity contribution in [2.24, 2.45) is 0 Å². The lowest BCUT2D eigenvalue weighted by molar-refractivity contribution is 1.06. The Labute approximate surface area is 123 Å². The first kappa shape index (κ1) is 13.1. The summed E-state index contributed by atoms with van der Waals surface area (Å²) in [5, 5.41) is 4.55. The Morgan fingerprint density at radius 1 is 1.40 bits per heavy atom. The molecule has 0 aliphatic heterocycles. The van der Waals surface area contributed by atoms with E-state index < -0.39 is 0 Å². The highest BCUT2D eigenvalue weighted by Gasteiger charge is 2.05. The van der Waals surface area contributed by atoms with E-state index in [1.54, 1.807) is 12.3 Å². The fourth-order valence-corrected chi connectivity index (χ4v) is 2.99. The van der Waals surface area contributed by atoms with Gasteiger partial charge in [-0.2, -0.15) is 0 Å². The van der Waals surface area contributed by atoms with Gasteiger partial charge >= 0.3 is 0 Å². The average molecular weight is 307 g/mol. The molecule has 0 saturated carbocycles. The van der Waals surface area contributed by atoms with Gasteiger partial charge in [0.15, 0.2) is 10.8 Å². The lowest BCUT2D eigenvalue weighted by Gasteiger charge is -2.03. The number of fused-ring (bicyclic) bond motifs is 1. The number of rotatable bonds is 3. The molecule has 0 aromatic carbocycles. The van der Waals surface area contributed by atoms with Gasteiger partial charge in [0.2, 0.25) is 5.56 Å². The summed E-state index contributed by atoms with van der Waals surface area (Å²) in [5.41, 5.74) is 2.33. The number of H-pyrrole nitrogens is 1. The third kappa shape index (κ3) is 2.81. The first-order chi connectivity index (χ1) is 9.60. The number of aryl methyl sites for hydroxylation is 1. The number of hydrogen-bond acceptors (Lipinski definition) is 5. The van der Waals surface area contributed by atoms with Gasteiger partial charge in [-0.15, -0.1) is 0 Å². The topological polar surface area (TPSA) is 70.7 Å². The Hall–Kier alpha value is -1.92. The zero-order chi connectivity index (χ0) is 14.1. The summed E-state index contributed by atoms with van der Waals surface area (Å²) < 4.78 is 0.932. The third-order valence-electron chi connectivity index (χ3n) is 2.70. The van der Waals surface area contributed by atoms with E-state index in [1.165, 1.54) is 11.3 Å². The number of nitrogens with one attached hydrogen (secondary N) is 2. The molecule has 3 aromatic heterocycles. The van der Waals surface area contributed by atoms with Crippen LogP contribution in [0, 0.1) is 6.92 Å². The molecule has 2 N–H and O–H groups in total. The zero-order valence-corrected chi connectivity index (χ0v) is 12.2. The lowest BCUT2D eigenvalue weighted by atomic mass is 10.2. The molecule has 7 heteroatoms. The first-order valence-corrected chi connectivity index (χ1v) is 7.15. The summed E-state index contributed by atoms with van der Waals surface area (Å²) in [5.74, 6) is 0. The molecule has 3 aromatic rings. The van der Waals surface area contributed by atoms with Crippen molar-refractivity contribution in [2.45, 2.75) is 13.5 Å². The Morgan fingerprint density at radius 3 is 3.05 bits per heavy atom. The fraction of sp³-hybridized carbons (Fsp3) is 0.154. The van der Waals surface area contributed by atoms with Gasteiger partial charge in [0, 0.05) is 24.5 Å². The Morgan fingerprint density at radius 2 is 2.25 bits per heavy atom. The number of halogens is 1. The highest BCUT2D eigenvalue weighted by molar-refractivity contribution is 7.22. The van der Waals surface area contributed by atoms with Gasteiger partial charge in [0.25, 0.3) is 0 Å². The summed E-state index contributed by atoms with van der Waals surface area (Å²) in [7, 11) is 0. The summed E-state index contributed by atoms with van der Waals surface area (Å²) >= 11 is 7.38.